The molecule has 1 amide bonds. The second-order valence-corrected chi connectivity index (χ2v) is 8.01. The van der Waals surface area contributed by atoms with Gasteiger partial charge >= 0.3 is 0 Å². The van der Waals surface area contributed by atoms with Crippen molar-refractivity contribution in [2.24, 2.45) is 0 Å². The van der Waals surface area contributed by atoms with Crippen molar-refractivity contribution in [3.05, 3.63) is 51.6 Å². The third-order valence-corrected chi connectivity index (χ3v) is 5.75. The second kappa shape index (κ2) is 8.66. The van der Waals surface area contributed by atoms with E-state index < -0.39 is 0 Å². The molecule has 130 valence electrons. The maximum atomic E-state index is 12.2. The third-order valence-electron chi connectivity index (χ3n) is 3.31. The van der Waals surface area contributed by atoms with E-state index in [2.05, 4.69) is 15.5 Å². The number of thiophene rings is 1. The van der Waals surface area contributed by atoms with Crippen LogP contribution in [-0.4, -0.2) is 33.0 Å². The maximum Gasteiger partial charge on any atom is 0.240 e. The summed E-state index contributed by atoms with van der Waals surface area (Å²) in [7, 11) is 0. The van der Waals surface area contributed by atoms with Gasteiger partial charge in [0.1, 0.15) is 6.54 Å². The Labute approximate surface area is 163 Å². The highest BCUT2D eigenvalue weighted by molar-refractivity contribution is 7.99. The fourth-order valence-electron chi connectivity index (χ4n) is 2.15. The molecule has 1 aromatic carbocycles. The van der Waals surface area contributed by atoms with Crippen molar-refractivity contribution in [1.82, 2.24) is 20.1 Å². The minimum absolute atomic E-state index is 0.0907. The van der Waals surface area contributed by atoms with Crippen LogP contribution in [0.5, 0.6) is 0 Å². The summed E-state index contributed by atoms with van der Waals surface area (Å²) in [6, 6.07) is 11.5. The molecule has 0 aliphatic carbocycles. The lowest BCUT2D eigenvalue weighted by molar-refractivity contribution is -0.121. The number of hydrogen-bond acceptors (Lipinski definition) is 5. The predicted octanol–water partition coefficient (Wildman–Crippen LogP) is 4.23. The predicted molar refractivity (Wildman–Crippen MR) is 106 cm³/mol. The van der Waals surface area contributed by atoms with Gasteiger partial charge in [-0.05, 0) is 47.9 Å². The molecule has 0 aliphatic rings. The summed E-state index contributed by atoms with van der Waals surface area (Å²) >= 11 is 14.3. The van der Waals surface area contributed by atoms with Gasteiger partial charge in [-0.2, -0.15) is 5.10 Å². The molecule has 0 spiro atoms. The molecule has 0 saturated carbocycles. The van der Waals surface area contributed by atoms with Gasteiger partial charge in [-0.15, -0.1) is 23.1 Å². The molecule has 25 heavy (non-hydrogen) atoms. The molecular weight excluding hydrogens is 396 g/mol. The smallest absolute Gasteiger partial charge is 0.240 e. The van der Waals surface area contributed by atoms with Gasteiger partial charge < -0.3 is 5.32 Å². The lowest BCUT2D eigenvalue weighted by Crippen LogP contribution is -2.29. The quantitative estimate of drug-likeness (QED) is 0.347. The monoisotopic (exact) mass is 410 g/mol. The normalized spacial score (nSPS) is 10.8. The van der Waals surface area contributed by atoms with Crippen LogP contribution in [0.15, 0.2) is 46.7 Å². The summed E-state index contributed by atoms with van der Waals surface area (Å²) in [6.45, 7) is 0.722. The number of nitrogens with zero attached hydrogens (tertiary/aromatic N) is 2. The van der Waals surface area contributed by atoms with E-state index in [0.717, 1.165) is 20.5 Å². The molecule has 9 heteroatoms. The molecule has 0 saturated heterocycles. The lowest BCUT2D eigenvalue weighted by atomic mass is 10.4. The van der Waals surface area contributed by atoms with E-state index in [-0.39, 0.29) is 12.5 Å². The Kier molecular flexibility index (Phi) is 6.30. The van der Waals surface area contributed by atoms with E-state index in [1.807, 2.05) is 41.8 Å². The average Bonchev–Trinajstić information content (AvgIpc) is 3.24. The van der Waals surface area contributed by atoms with Crippen LogP contribution < -0.4 is 5.32 Å². The number of nitrogens with one attached hydrogen (secondary N) is 2. The number of hydrogen-bond donors (Lipinski definition) is 2. The highest BCUT2D eigenvalue weighted by Crippen LogP contribution is 2.22. The van der Waals surface area contributed by atoms with Crippen molar-refractivity contribution in [2.45, 2.75) is 11.4 Å². The first kappa shape index (κ1) is 18.2. The highest BCUT2D eigenvalue weighted by atomic mass is 35.5. The summed E-state index contributed by atoms with van der Waals surface area (Å²) < 4.78 is 2.15. The Balaban J connectivity index is 1.51. The SMILES string of the molecule is O=C(Cn1c(-c2cccs2)n[nH]c1=S)NCCSc1ccc(Cl)cc1. The number of thioether (sulfide) groups is 1. The molecule has 2 N–H and O–H groups in total. The first-order valence-electron chi connectivity index (χ1n) is 7.47. The second-order valence-electron chi connectivity index (χ2n) is 5.07. The fraction of sp³-hybridized carbons (Fsp3) is 0.188. The molecule has 0 bridgehead atoms. The molecular formula is C16H15ClN4OS3. The summed E-state index contributed by atoms with van der Waals surface area (Å²) in [5.41, 5.74) is 0. The Hall–Kier alpha value is -1.61. The summed E-state index contributed by atoms with van der Waals surface area (Å²) in [4.78, 5) is 14.3. The standard InChI is InChI=1S/C16H15ClN4OS3/c17-11-3-5-12(6-4-11)24-9-7-18-14(22)10-21-15(19-20-16(21)23)13-2-1-8-25-13/h1-6,8H,7,9-10H2,(H,18,22)(H,20,23). The number of benzene rings is 1. The molecule has 0 atom stereocenters. The first-order chi connectivity index (χ1) is 12.1. The number of carbonyl (C=O) groups excluding carboxylic acids is 1. The van der Waals surface area contributed by atoms with Gasteiger partial charge in [0.2, 0.25) is 5.91 Å². The zero-order valence-corrected chi connectivity index (χ0v) is 16.3. The van der Waals surface area contributed by atoms with Gasteiger partial charge in [-0.1, -0.05) is 17.7 Å². The van der Waals surface area contributed by atoms with Crippen LogP contribution in [0.25, 0.3) is 10.7 Å². The van der Waals surface area contributed by atoms with Gasteiger partial charge in [0.05, 0.1) is 4.88 Å². The molecule has 0 radical (unpaired) electrons. The van der Waals surface area contributed by atoms with Crippen LogP contribution >= 0.6 is 46.9 Å². The first-order valence-corrected chi connectivity index (χ1v) is 10.1. The number of aromatic nitrogens is 3. The number of rotatable bonds is 7. The van der Waals surface area contributed by atoms with Crippen LogP contribution in [-0.2, 0) is 11.3 Å². The molecule has 5 nitrogen and oxygen atoms in total. The van der Waals surface area contributed by atoms with Crippen LogP contribution in [0.2, 0.25) is 5.02 Å². The van der Waals surface area contributed by atoms with E-state index in [4.69, 9.17) is 23.8 Å². The summed E-state index contributed by atoms with van der Waals surface area (Å²) in [5, 5.41) is 12.6. The van der Waals surface area contributed by atoms with Crippen LogP contribution in [0.1, 0.15) is 0 Å². The minimum atomic E-state index is -0.0907. The molecule has 0 fully saturated rings. The Morgan fingerprint density at radius 1 is 1.36 bits per heavy atom. The molecule has 2 aromatic heterocycles. The van der Waals surface area contributed by atoms with Crippen LogP contribution in [0.3, 0.4) is 0 Å². The zero-order chi connectivity index (χ0) is 17.6. The van der Waals surface area contributed by atoms with E-state index in [0.29, 0.717) is 17.1 Å². The number of aromatic amines is 1. The Bertz CT molecular complexity index is 887. The Morgan fingerprint density at radius 2 is 2.16 bits per heavy atom. The average molecular weight is 411 g/mol. The zero-order valence-electron chi connectivity index (χ0n) is 13.1. The van der Waals surface area contributed by atoms with Crippen molar-refractivity contribution in [3.63, 3.8) is 0 Å². The van der Waals surface area contributed by atoms with E-state index in [9.17, 15) is 4.79 Å². The van der Waals surface area contributed by atoms with Gasteiger partial charge in [-0.25, -0.2) is 0 Å². The number of amides is 1. The fourth-order valence-corrected chi connectivity index (χ4v) is 3.96. The van der Waals surface area contributed by atoms with Crippen molar-refractivity contribution in [1.29, 1.82) is 0 Å². The lowest BCUT2D eigenvalue weighted by Gasteiger charge is -2.07. The van der Waals surface area contributed by atoms with Crippen LogP contribution in [0, 0.1) is 4.77 Å². The Morgan fingerprint density at radius 3 is 2.88 bits per heavy atom. The van der Waals surface area contributed by atoms with Crippen molar-refractivity contribution < 1.29 is 4.79 Å². The van der Waals surface area contributed by atoms with Gasteiger partial charge in [0.25, 0.3) is 0 Å². The van der Waals surface area contributed by atoms with E-state index in [1.54, 1.807) is 27.7 Å². The van der Waals surface area contributed by atoms with Crippen molar-refractivity contribution in [2.75, 3.05) is 12.3 Å². The molecule has 3 aromatic rings. The van der Waals surface area contributed by atoms with E-state index >= 15 is 0 Å². The highest BCUT2D eigenvalue weighted by Gasteiger charge is 2.12. The summed E-state index contributed by atoms with van der Waals surface area (Å²) in [6.07, 6.45) is 0. The third kappa shape index (κ3) is 4.94. The maximum absolute atomic E-state index is 12.2. The number of H-pyrrole nitrogens is 1. The molecule has 0 unspecified atom stereocenters. The van der Waals surface area contributed by atoms with Crippen molar-refractivity contribution in [3.8, 4) is 10.7 Å². The topological polar surface area (TPSA) is 62.7 Å². The van der Waals surface area contributed by atoms with Crippen LogP contribution in [0.4, 0.5) is 0 Å². The number of halogens is 1. The molecule has 3 rings (SSSR count). The van der Waals surface area contributed by atoms with Gasteiger partial charge in [0, 0.05) is 22.2 Å². The van der Waals surface area contributed by atoms with Crippen molar-refractivity contribution >= 4 is 52.8 Å². The van der Waals surface area contributed by atoms with Gasteiger partial charge in [-0.3, -0.25) is 14.5 Å². The largest absolute Gasteiger partial charge is 0.354 e. The van der Waals surface area contributed by atoms with E-state index in [1.165, 1.54) is 0 Å². The molecule has 0 aliphatic heterocycles. The molecule has 2 heterocycles. The van der Waals surface area contributed by atoms with Gasteiger partial charge in [0.15, 0.2) is 10.6 Å². The minimum Gasteiger partial charge on any atom is -0.354 e. The summed E-state index contributed by atoms with van der Waals surface area (Å²) in [5.74, 6) is 1.37. The number of carbonyl (C=O) groups is 1.